The number of hydrogen-bond donors (Lipinski definition) is 1. The highest BCUT2D eigenvalue weighted by atomic mass is 19.3. The number of nitrogens with one attached hydrogen (secondary N) is 1. The van der Waals surface area contributed by atoms with Gasteiger partial charge in [0.2, 0.25) is 0 Å². The first-order valence-corrected chi connectivity index (χ1v) is 6.81. The van der Waals surface area contributed by atoms with Gasteiger partial charge in [-0.1, -0.05) is 19.3 Å². The van der Waals surface area contributed by atoms with Crippen molar-refractivity contribution < 1.29 is 18.3 Å². The molecule has 3 nitrogen and oxygen atoms in total. The number of esters is 1. The van der Waals surface area contributed by atoms with Gasteiger partial charge in [-0.15, -0.1) is 0 Å². The average molecular weight is 261 g/mol. The van der Waals surface area contributed by atoms with Crippen LogP contribution in [0.3, 0.4) is 0 Å². The van der Waals surface area contributed by atoms with E-state index in [1.165, 1.54) is 32.1 Å². The van der Waals surface area contributed by atoms with E-state index in [0.717, 1.165) is 0 Å². The molecule has 1 unspecified atom stereocenters. The molecule has 0 amide bonds. The van der Waals surface area contributed by atoms with Crippen LogP contribution >= 0.6 is 0 Å². The van der Waals surface area contributed by atoms with E-state index in [1.807, 2.05) is 0 Å². The van der Waals surface area contributed by atoms with Gasteiger partial charge >= 0.3 is 11.9 Å². The molecule has 2 fully saturated rings. The molecule has 1 aliphatic carbocycles. The van der Waals surface area contributed by atoms with Crippen molar-refractivity contribution in [1.29, 1.82) is 0 Å². The second-order valence-corrected chi connectivity index (χ2v) is 5.53. The van der Waals surface area contributed by atoms with Gasteiger partial charge in [-0.3, -0.25) is 0 Å². The molecule has 0 spiro atoms. The van der Waals surface area contributed by atoms with Gasteiger partial charge < -0.3 is 10.1 Å². The molecule has 104 valence electrons. The van der Waals surface area contributed by atoms with Crippen molar-refractivity contribution in [2.45, 2.75) is 63.5 Å². The van der Waals surface area contributed by atoms with E-state index in [1.54, 1.807) is 0 Å². The first-order valence-electron chi connectivity index (χ1n) is 6.81. The minimum atomic E-state index is -3.29. The number of carbonyl (C=O) groups is 1. The molecular formula is C13H21F2NO2. The maximum Gasteiger partial charge on any atom is 0.377 e. The molecule has 2 rings (SSSR count). The smallest absolute Gasteiger partial charge is 0.377 e. The number of hydrogen-bond acceptors (Lipinski definition) is 3. The summed E-state index contributed by atoms with van der Waals surface area (Å²) in [5.41, 5.74) is 0. The molecule has 0 radical (unpaired) electrons. The second-order valence-electron chi connectivity index (χ2n) is 5.53. The van der Waals surface area contributed by atoms with Crippen molar-refractivity contribution in [3.63, 3.8) is 0 Å². The lowest BCUT2D eigenvalue weighted by Gasteiger charge is -2.29. The van der Waals surface area contributed by atoms with Crippen molar-refractivity contribution in [1.82, 2.24) is 5.32 Å². The third-order valence-corrected chi connectivity index (χ3v) is 4.08. The lowest BCUT2D eigenvalue weighted by atomic mass is 9.84. The summed E-state index contributed by atoms with van der Waals surface area (Å²) in [7, 11) is 0. The molecule has 1 saturated heterocycles. The van der Waals surface area contributed by atoms with Crippen molar-refractivity contribution in [3.8, 4) is 0 Å². The predicted molar refractivity (Wildman–Crippen MR) is 63.5 cm³/mol. The predicted octanol–water partition coefficient (Wildman–Crippen LogP) is 2.50. The van der Waals surface area contributed by atoms with Gasteiger partial charge in [0, 0.05) is 12.6 Å². The SMILES string of the molecule is C[C@H](NCC1CC(F)(F)C(=O)O1)C1CCCCC1. The lowest BCUT2D eigenvalue weighted by molar-refractivity contribution is -0.159. The summed E-state index contributed by atoms with van der Waals surface area (Å²) in [6.07, 6.45) is 5.05. The molecule has 0 aromatic carbocycles. The third-order valence-electron chi connectivity index (χ3n) is 4.08. The molecule has 0 aromatic heterocycles. The van der Waals surface area contributed by atoms with Gasteiger partial charge in [0.15, 0.2) is 0 Å². The Balaban J connectivity index is 1.73. The van der Waals surface area contributed by atoms with E-state index in [9.17, 15) is 13.6 Å². The van der Waals surface area contributed by atoms with Crippen molar-refractivity contribution in [2.75, 3.05) is 6.54 Å². The molecule has 2 aliphatic rings. The number of alkyl halides is 2. The summed E-state index contributed by atoms with van der Waals surface area (Å²) in [6, 6.07) is 0.304. The summed E-state index contributed by atoms with van der Waals surface area (Å²) in [6.45, 7) is 2.42. The third kappa shape index (κ3) is 3.19. The van der Waals surface area contributed by atoms with E-state index in [4.69, 9.17) is 0 Å². The van der Waals surface area contributed by atoms with Crippen LogP contribution in [0.5, 0.6) is 0 Å². The summed E-state index contributed by atoms with van der Waals surface area (Å²) in [5, 5.41) is 3.24. The van der Waals surface area contributed by atoms with Gasteiger partial charge in [0.25, 0.3) is 0 Å². The number of halogens is 2. The Morgan fingerprint density at radius 3 is 2.61 bits per heavy atom. The minimum absolute atomic E-state index is 0.304. The van der Waals surface area contributed by atoms with Crippen LogP contribution in [0.4, 0.5) is 8.78 Å². The highest BCUT2D eigenvalue weighted by Gasteiger charge is 2.50. The normalized spacial score (nSPS) is 30.2. The molecule has 18 heavy (non-hydrogen) atoms. The van der Waals surface area contributed by atoms with Crippen molar-refractivity contribution in [3.05, 3.63) is 0 Å². The Labute approximate surface area is 106 Å². The molecule has 5 heteroatoms. The standard InChI is InChI=1S/C13H21F2NO2/c1-9(10-5-3-2-4-6-10)16-8-11-7-13(14,15)12(17)18-11/h9-11,16H,2-8H2,1H3/t9-,11?/m0/s1. The van der Waals surface area contributed by atoms with Crippen LogP contribution in [0.1, 0.15) is 45.4 Å². The average Bonchev–Trinajstić information content (AvgIpc) is 2.61. The molecule has 2 atom stereocenters. The second kappa shape index (κ2) is 5.51. The molecule has 1 aliphatic heterocycles. The van der Waals surface area contributed by atoms with E-state index < -0.39 is 24.4 Å². The van der Waals surface area contributed by atoms with Crippen LogP contribution < -0.4 is 5.32 Å². The zero-order chi connectivity index (χ0) is 13.2. The first-order chi connectivity index (χ1) is 8.49. The van der Waals surface area contributed by atoms with Crippen LogP contribution in [-0.4, -0.2) is 30.6 Å². The number of rotatable bonds is 4. The number of carbonyl (C=O) groups excluding carboxylic acids is 1. The van der Waals surface area contributed by atoms with Crippen molar-refractivity contribution in [2.24, 2.45) is 5.92 Å². The molecular weight excluding hydrogens is 240 g/mol. The molecule has 1 heterocycles. The number of cyclic esters (lactones) is 1. The molecule has 1 saturated carbocycles. The van der Waals surface area contributed by atoms with Crippen LogP contribution in [0.15, 0.2) is 0 Å². The van der Waals surface area contributed by atoms with Crippen LogP contribution in [0.25, 0.3) is 0 Å². The Hall–Kier alpha value is -0.710. The van der Waals surface area contributed by atoms with Gasteiger partial charge in [-0.2, -0.15) is 8.78 Å². The Morgan fingerprint density at radius 1 is 1.39 bits per heavy atom. The molecule has 0 aromatic rings. The van der Waals surface area contributed by atoms with Gasteiger partial charge in [0.1, 0.15) is 6.10 Å². The molecule has 0 bridgehead atoms. The fraction of sp³-hybridized carbons (Fsp3) is 0.923. The lowest BCUT2D eigenvalue weighted by Crippen LogP contribution is -2.39. The zero-order valence-electron chi connectivity index (χ0n) is 10.8. The fourth-order valence-electron chi connectivity index (χ4n) is 2.88. The van der Waals surface area contributed by atoms with Crippen LogP contribution in [-0.2, 0) is 9.53 Å². The fourth-order valence-corrected chi connectivity index (χ4v) is 2.88. The van der Waals surface area contributed by atoms with E-state index in [2.05, 4.69) is 17.0 Å². The van der Waals surface area contributed by atoms with E-state index in [0.29, 0.717) is 18.5 Å². The number of ether oxygens (including phenoxy) is 1. The minimum Gasteiger partial charge on any atom is -0.456 e. The summed E-state index contributed by atoms with van der Waals surface area (Å²) in [4.78, 5) is 10.9. The topological polar surface area (TPSA) is 38.3 Å². The first kappa shape index (κ1) is 13.7. The highest BCUT2D eigenvalue weighted by molar-refractivity contribution is 5.79. The van der Waals surface area contributed by atoms with E-state index in [-0.39, 0.29) is 0 Å². The van der Waals surface area contributed by atoms with Gasteiger partial charge in [-0.05, 0) is 25.7 Å². The summed E-state index contributed by atoms with van der Waals surface area (Å²) < 4.78 is 30.6. The Bertz CT molecular complexity index is 303. The summed E-state index contributed by atoms with van der Waals surface area (Å²) >= 11 is 0. The van der Waals surface area contributed by atoms with Gasteiger partial charge in [-0.25, -0.2) is 4.79 Å². The van der Waals surface area contributed by atoms with Crippen LogP contribution in [0, 0.1) is 5.92 Å². The summed E-state index contributed by atoms with van der Waals surface area (Å²) in [5.74, 6) is -4.04. The van der Waals surface area contributed by atoms with Crippen molar-refractivity contribution >= 4 is 5.97 Å². The van der Waals surface area contributed by atoms with Gasteiger partial charge in [0.05, 0.1) is 6.42 Å². The van der Waals surface area contributed by atoms with E-state index >= 15 is 0 Å². The maximum absolute atomic E-state index is 13.0. The Morgan fingerprint density at radius 2 is 2.06 bits per heavy atom. The maximum atomic E-state index is 13.0. The largest absolute Gasteiger partial charge is 0.456 e. The highest BCUT2D eigenvalue weighted by Crippen LogP contribution is 2.31. The van der Waals surface area contributed by atoms with Crippen LogP contribution in [0.2, 0.25) is 0 Å². The zero-order valence-corrected chi connectivity index (χ0v) is 10.8. The monoisotopic (exact) mass is 261 g/mol. The Kier molecular flexibility index (Phi) is 4.20. The quantitative estimate of drug-likeness (QED) is 0.790. The molecule has 1 N–H and O–H groups in total.